The zero-order valence-electron chi connectivity index (χ0n) is 11.8. The highest BCUT2D eigenvalue weighted by Gasteiger charge is 2.59. The molecule has 4 rings (SSSR count). The lowest BCUT2D eigenvalue weighted by Crippen LogP contribution is -2.40. The van der Waals surface area contributed by atoms with E-state index >= 15 is 0 Å². The van der Waals surface area contributed by atoms with Crippen LogP contribution < -0.4 is 0 Å². The van der Waals surface area contributed by atoms with Gasteiger partial charge in [0.25, 0.3) is 15.7 Å². The van der Waals surface area contributed by atoms with E-state index < -0.39 is 14.9 Å². The summed E-state index contributed by atoms with van der Waals surface area (Å²) < 4.78 is 27.3. The van der Waals surface area contributed by atoms with E-state index in [-0.39, 0.29) is 16.6 Å². The van der Waals surface area contributed by atoms with Crippen molar-refractivity contribution in [1.82, 2.24) is 4.31 Å². The molecule has 2 aliphatic carbocycles. The minimum Gasteiger partial charge on any atom is -0.270 e. The molecule has 3 aliphatic rings. The molecule has 1 heterocycles. The maximum atomic E-state index is 12.9. The van der Waals surface area contributed by atoms with Gasteiger partial charge in [0.1, 0.15) is 0 Å². The molecule has 22 heavy (non-hydrogen) atoms. The SMILES string of the molecule is O=[N+]([O-])c1ccccc1S(=O)(=O)N1C=CC2C3CCCC1C23. The van der Waals surface area contributed by atoms with Crippen molar-refractivity contribution in [2.45, 2.75) is 30.2 Å². The number of fused-ring (bicyclic) bond motifs is 1. The number of allylic oxidation sites excluding steroid dienone is 1. The van der Waals surface area contributed by atoms with Crippen LogP contribution in [0.3, 0.4) is 0 Å². The molecule has 2 saturated carbocycles. The number of hydrogen-bond donors (Lipinski definition) is 0. The van der Waals surface area contributed by atoms with Gasteiger partial charge in [-0.25, -0.2) is 8.42 Å². The van der Waals surface area contributed by atoms with Crippen molar-refractivity contribution in [3.63, 3.8) is 0 Å². The third-order valence-electron chi connectivity index (χ3n) is 5.17. The number of para-hydroxylation sites is 1. The minimum atomic E-state index is -3.89. The van der Waals surface area contributed by atoms with E-state index in [0.717, 1.165) is 19.3 Å². The zero-order chi connectivity index (χ0) is 15.5. The minimum absolute atomic E-state index is 0.0430. The van der Waals surface area contributed by atoms with Gasteiger partial charge in [-0.05, 0) is 36.7 Å². The first-order valence-corrected chi connectivity index (χ1v) is 8.91. The molecule has 116 valence electrons. The highest BCUT2D eigenvalue weighted by atomic mass is 32.2. The summed E-state index contributed by atoms with van der Waals surface area (Å²) >= 11 is 0. The molecule has 4 unspecified atom stereocenters. The van der Waals surface area contributed by atoms with E-state index in [1.807, 2.05) is 6.08 Å². The van der Waals surface area contributed by atoms with E-state index in [4.69, 9.17) is 0 Å². The molecular weight excluding hydrogens is 304 g/mol. The summed E-state index contributed by atoms with van der Waals surface area (Å²) in [5, 5.41) is 11.1. The molecule has 0 spiro atoms. The smallest absolute Gasteiger partial charge is 0.270 e. The molecular formula is C15H16N2O4S. The van der Waals surface area contributed by atoms with Crippen molar-refractivity contribution in [1.29, 1.82) is 0 Å². The van der Waals surface area contributed by atoms with Crippen LogP contribution in [0.2, 0.25) is 0 Å². The molecule has 1 aliphatic heterocycles. The van der Waals surface area contributed by atoms with Gasteiger partial charge in [-0.15, -0.1) is 0 Å². The number of nitro groups is 1. The molecule has 4 atom stereocenters. The quantitative estimate of drug-likeness (QED) is 0.633. The van der Waals surface area contributed by atoms with Crippen molar-refractivity contribution in [2.75, 3.05) is 0 Å². The lowest BCUT2D eigenvalue weighted by Gasteiger charge is -2.33. The Balaban J connectivity index is 1.77. The monoisotopic (exact) mass is 320 g/mol. The second-order valence-corrected chi connectivity index (χ2v) is 8.03. The Morgan fingerprint density at radius 1 is 1.23 bits per heavy atom. The predicted octanol–water partition coefficient (Wildman–Crippen LogP) is 2.53. The number of hydrogen-bond acceptors (Lipinski definition) is 4. The molecule has 0 saturated heterocycles. The fourth-order valence-corrected chi connectivity index (χ4v) is 5.89. The van der Waals surface area contributed by atoms with Crippen LogP contribution in [0.1, 0.15) is 19.3 Å². The van der Waals surface area contributed by atoms with Gasteiger partial charge in [-0.2, -0.15) is 0 Å². The summed E-state index contributed by atoms with van der Waals surface area (Å²) in [7, 11) is -3.89. The first-order valence-electron chi connectivity index (χ1n) is 7.47. The summed E-state index contributed by atoms with van der Waals surface area (Å²) in [5.74, 6) is 1.50. The van der Waals surface area contributed by atoms with Gasteiger partial charge in [0.2, 0.25) is 0 Å². The number of nitrogens with zero attached hydrogens (tertiary/aromatic N) is 2. The molecule has 7 heteroatoms. The molecule has 0 bridgehead atoms. The van der Waals surface area contributed by atoms with Gasteiger partial charge in [-0.3, -0.25) is 14.4 Å². The molecule has 6 nitrogen and oxygen atoms in total. The number of nitro benzene ring substituents is 1. The van der Waals surface area contributed by atoms with Gasteiger partial charge in [0, 0.05) is 18.3 Å². The average molecular weight is 320 g/mol. The lowest BCUT2D eigenvalue weighted by molar-refractivity contribution is -0.387. The first kappa shape index (κ1) is 13.8. The van der Waals surface area contributed by atoms with Gasteiger partial charge in [-0.1, -0.05) is 24.6 Å². The fraction of sp³-hybridized carbons (Fsp3) is 0.467. The van der Waals surface area contributed by atoms with Crippen LogP contribution in [-0.4, -0.2) is 23.7 Å². The molecule has 2 fully saturated rings. The van der Waals surface area contributed by atoms with E-state index in [9.17, 15) is 18.5 Å². The Morgan fingerprint density at radius 2 is 2.00 bits per heavy atom. The Bertz CT molecular complexity index is 774. The number of sulfonamides is 1. The van der Waals surface area contributed by atoms with Crippen molar-refractivity contribution in [3.8, 4) is 0 Å². The third-order valence-corrected chi connectivity index (χ3v) is 7.02. The summed E-state index contributed by atoms with van der Waals surface area (Å²) in [6.45, 7) is 0. The van der Waals surface area contributed by atoms with Gasteiger partial charge in [0.05, 0.1) is 4.92 Å². The van der Waals surface area contributed by atoms with E-state index in [0.29, 0.717) is 17.8 Å². The molecule has 1 aromatic carbocycles. The van der Waals surface area contributed by atoms with Crippen LogP contribution in [0.5, 0.6) is 0 Å². The molecule has 0 radical (unpaired) electrons. The van der Waals surface area contributed by atoms with Crippen LogP contribution in [0.4, 0.5) is 5.69 Å². The Morgan fingerprint density at radius 3 is 2.77 bits per heavy atom. The van der Waals surface area contributed by atoms with Gasteiger partial charge < -0.3 is 0 Å². The summed E-state index contributed by atoms with van der Waals surface area (Å²) in [4.78, 5) is 10.3. The molecule has 0 aromatic heterocycles. The predicted molar refractivity (Wildman–Crippen MR) is 79.4 cm³/mol. The fourth-order valence-electron chi connectivity index (χ4n) is 4.17. The maximum Gasteiger partial charge on any atom is 0.289 e. The van der Waals surface area contributed by atoms with Crippen LogP contribution in [-0.2, 0) is 10.0 Å². The lowest BCUT2D eigenvalue weighted by atomic mass is 9.95. The Hall–Kier alpha value is -1.89. The molecule has 1 aromatic rings. The second kappa shape index (κ2) is 4.55. The number of rotatable bonds is 3. The van der Waals surface area contributed by atoms with Crippen molar-refractivity contribution < 1.29 is 13.3 Å². The topological polar surface area (TPSA) is 80.5 Å². The Labute approximate surface area is 128 Å². The highest BCUT2D eigenvalue weighted by molar-refractivity contribution is 7.89. The van der Waals surface area contributed by atoms with Crippen LogP contribution in [0.25, 0.3) is 0 Å². The largest absolute Gasteiger partial charge is 0.289 e. The summed E-state index contributed by atoms with van der Waals surface area (Å²) in [5.41, 5.74) is -0.360. The zero-order valence-corrected chi connectivity index (χ0v) is 12.6. The van der Waals surface area contributed by atoms with Gasteiger partial charge in [0.15, 0.2) is 4.90 Å². The van der Waals surface area contributed by atoms with Crippen LogP contribution in [0.15, 0.2) is 41.4 Å². The second-order valence-electron chi connectivity index (χ2n) is 6.22. The standard InChI is InChI=1S/C15H16N2O4S/c18-17(19)12-5-1-2-7-14(12)22(20,21)16-9-8-11-10-4-3-6-13(16)15(10)11/h1-2,5,7-11,13,15H,3-4,6H2. The highest BCUT2D eigenvalue weighted by Crippen LogP contribution is 2.60. The average Bonchev–Trinajstić information content (AvgIpc) is 3.23. The summed E-state index contributed by atoms with van der Waals surface area (Å²) in [6, 6.07) is 5.53. The Kier molecular flexibility index (Phi) is 2.84. The number of benzene rings is 1. The van der Waals surface area contributed by atoms with Crippen molar-refractivity contribution in [3.05, 3.63) is 46.7 Å². The van der Waals surface area contributed by atoms with Crippen LogP contribution in [0, 0.1) is 27.9 Å². The molecule has 0 amide bonds. The van der Waals surface area contributed by atoms with Crippen molar-refractivity contribution in [2.24, 2.45) is 17.8 Å². The molecule has 0 N–H and O–H groups in total. The van der Waals surface area contributed by atoms with E-state index in [1.165, 1.54) is 28.6 Å². The maximum absolute atomic E-state index is 12.9. The van der Waals surface area contributed by atoms with E-state index in [1.54, 1.807) is 6.20 Å². The summed E-state index contributed by atoms with van der Waals surface area (Å²) in [6.07, 6.45) is 6.61. The normalized spacial score (nSPS) is 32.5. The van der Waals surface area contributed by atoms with Gasteiger partial charge >= 0.3 is 0 Å². The van der Waals surface area contributed by atoms with Crippen molar-refractivity contribution >= 4 is 15.7 Å². The third kappa shape index (κ3) is 1.81. The van der Waals surface area contributed by atoms with Crippen LogP contribution >= 0.6 is 0 Å². The van der Waals surface area contributed by atoms with E-state index in [2.05, 4.69) is 0 Å². The first-order chi connectivity index (χ1) is 10.5.